The lowest BCUT2D eigenvalue weighted by atomic mass is 10.3. The van der Waals surface area contributed by atoms with Crippen molar-refractivity contribution in [1.82, 2.24) is 20.2 Å². The van der Waals surface area contributed by atoms with Gasteiger partial charge in [-0.3, -0.25) is 5.10 Å². The molecule has 6 heteroatoms. The summed E-state index contributed by atoms with van der Waals surface area (Å²) in [5, 5.41) is 9.62. The molecule has 0 unspecified atom stereocenters. The van der Waals surface area contributed by atoms with Gasteiger partial charge < -0.3 is 11.1 Å². The summed E-state index contributed by atoms with van der Waals surface area (Å²) < 4.78 is 0. The first-order valence-corrected chi connectivity index (χ1v) is 4.99. The normalized spacial score (nSPS) is 10.4. The highest BCUT2D eigenvalue weighted by Gasteiger charge is 2.03. The van der Waals surface area contributed by atoms with E-state index in [-0.39, 0.29) is 0 Å². The molecule has 4 N–H and O–H groups in total. The first-order chi connectivity index (χ1) is 7.65. The lowest BCUT2D eigenvalue weighted by Crippen LogP contribution is -2.06. The van der Waals surface area contributed by atoms with E-state index < -0.39 is 0 Å². The molecule has 0 aromatic carbocycles. The van der Waals surface area contributed by atoms with Gasteiger partial charge in [-0.1, -0.05) is 0 Å². The number of nitrogens with one attached hydrogen (secondary N) is 2. The average molecular weight is 218 g/mol. The summed E-state index contributed by atoms with van der Waals surface area (Å²) in [7, 11) is 0. The maximum Gasteiger partial charge on any atom is 0.223 e. The highest BCUT2D eigenvalue weighted by Crippen LogP contribution is 2.09. The van der Waals surface area contributed by atoms with Crippen LogP contribution in [0.1, 0.15) is 17.0 Å². The van der Waals surface area contributed by atoms with E-state index in [1.807, 2.05) is 19.9 Å². The molecule has 2 aromatic heterocycles. The van der Waals surface area contributed by atoms with Gasteiger partial charge in [0.25, 0.3) is 0 Å². The Morgan fingerprint density at radius 3 is 2.56 bits per heavy atom. The molecule has 0 atom stereocenters. The van der Waals surface area contributed by atoms with Gasteiger partial charge in [0.05, 0.1) is 6.20 Å². The molecule has 0 aliphatic carbocycles. The Balaban J connectivity index is 2.07. The maximum absolute atomic E-state index is 5.67. The summed E-state index contributed by atoms with van der Waals surface area (Å²) in [6.45, 7) is 4.43. The Kier molecular flexibility index (Phi) is 2.72. The van der Waals surface area contributed by atoms with Gasteiger partial charge in [0.1, 0.15) is 5.82 Å². The van der Waals surface area contributed by atoms with Crippen LogP contribution < -0.4 is 11.1 Å². The van der Waals surface area contributed by atoms with Gasteiger partial charge >= 0.3 is 0 Å². The SMILES string of the molecule is Cc1cc(C)nc(NCc2cn[nH]c2N)n1. The smallest absolute Gasteiger partial charge is 0.223 e. The van der Waals surface area contributed by atoms with Crippen LogP contribution in [0.2, 0.25) is 0 Å². The van der Waals surface area contributed by atoms with E-state index in [0.29, 0.717) is 18.3 Å². The van der Waals surface area contributed by atoms with Crippen molar-refractivity contribution in [2.75, 3.05) is 11.1 Å². The van der Waals surface area contributed by atoms with E-state index in [1.165, 1.54) is 0 Å². The fraction of sp³-hybridized carbons (Fsp3) is 0.300. The average Bonchev–Trinajstić information content (AvgIpc) is 2.59. The van der Waals surface area contributed by atoms with E-state index in [2.05, 4.69) is 25.5 Å². The first-order valence-electron chi connectivity index (χ1n) is 4.99. The molecule has 0 saturated heterocycles. The van der Waals surface area contributed by atoms with Gasteiger partial charge in [-0.05, 0) is 19.9 Å². The number of nitrogens with zero attached hydrogens (tertiary/aromatic N) is 3. The Bertz CT molecular complexity index is 470. The van der Waals surface area contributed by atoms with Crippen LogP contribution in [0.25, 0.3) is 0 Å². The van der Waals surface area contributed by atoms with E-state index in [9.17, 15) is 0 Å². The number of H-pyrrole nitrogens is 1. The summed E-state index contributed by atoms with van der Waals surface area (Å²) in [4.78, 5) is 8.54. The van der Waals surface area contributed by atoms with Crippen molar-refractivity contribution in [3.63, 3.8) is 0 Å². The lowest BCUT2D eigenvalue weighted by Gasteiger charge is -2.05. The third-order valence-electron chi connectivity index (χ3n) is 2.17. The molecule has 0 saturated carbocycles. The van der Waals surface area contributed by atoms with Gasteiger partial charge in [0.15, 0.2) is 0 Å². The van der Waals surface area contributed by atoms with Crippen LogP contribution in [-0.2, 0) is 6.54 Å². The second-order valence-electron chi connectivity index (χ2n) is 3.64. The third-order valence-corrected chi connectivity index (χ3v) is 2.17. The minimum atomic E-state index is 0.561. The van der Waals surface area contributed by atoms with E-state index in [1.54, 1.807) is 6.20 Å². The van der Waals surface area contributed by atoms with Crippen molar-refractivity contribution in [2.24, 2.45) is 0 Å². The Morgan fingerprint density at radius 1 is 1.31 bits per heavy atom. The zero-order valence-electron chi connectivity index (χ0n) is 9.28. The molecular formula is C10H14N6. The molecule has 0 aliphatic rings. The van der Waals surface area contributed by atoms with Crippen molar-refractivity contribution in [2.45, 2.75) is 20.4 Å². The van der Waals surface area contributed by atoms with E-state index in [4.69, 9.17) is 5.73 Å². The molecule has 0 bridgehead atoms. The summed E-state index contributed by atoms with van der Waals surface area (Å²) >= 11 is 0. The molecule has 0 radical (unpaired) electrons. The number of anilines is 2. The number of aryl methyl sites for hydroxylation is 2. The molecule has 2 rings (SSSR count). The number of hydrogen-bond donors (Lipinski definition) is 3. The molecule has 0 aliphatic heterocycles. The molecule has 0 amide bonds. The van der Waals surface area contributed by atoms with Crippen LogP contribution in [0.3, 0.4) is 0 Å². The lowest BCUT2D eigenvalue weighted by molar-refractivity contribution is 1.01. The second kappa shape index (κ2) is 4.18. The van der Waals surface area contributed by atoms with E-state index >= 15 is 0 Å². The molecule has 84 valence electrons. The largest absolute Gasteiger partial charge is 0.384 e. The Morgan fingerprint density at radius 2 is 2.00 bits per heavy atom. The minimum absolute atomic E-state index is 0.561. The summed E-state index contributed by atoms with van der Waals surface area (Å²) in [5.41, 5.74) is 8.45. The van der Waals surface area contributed by atoms with Crippen LogP contribution in [0.15, 0.2) is 12.3 Å². The van der Waals surface area contributed by atoms with Crippen LogP contribution in [-0.4, -0.2) is 20.2 Å². The zero-order chi connectivity index (χ0) is 11.5. The highest BCUT2D eigenvalue weighted by atomic mass is 15.2. The zero-order valence-corrected chi connectivity index (χ0v) is 9.28. The number of hydrogen-bond acceptors (Lipinski definition) is 5. The highest BCUT2D eigenvalue weighted by molar-refractivity contribution is 5.39. The van der Waals surface area contributed by atoms with Crippen molar-refractivity contribution in [3.05, 3.63) is 29.2 Å². The van der Waals surface area contributed by atoms with Crippen molar-refractivity contribution in [3.8, 4) is 0 Å². The third kappa shape index (κ3) is 2.28. The summed E-state index contributed by atoms with van der Waals surface area (Å²) in [5.74, 6) is 1.18. The van der Waals surface area contributed by atoms with Crippen LogP contribution in [0.4, 0.5) is 11.8 Å². The number of aromatic amines is 1. The van der Waals surface area contributed by atoms with Crippen molar-refractivity contribution in [1.29, 1.82) is 0 Å². The molecule has 2 aromatic rings. The Labute approximate surface area is 93.3 Å². The van der Waals surface area contributed by atoms with Crippen molar-refractivity contribution >= 4 is 11.8 Å². The molecule has 0 spiro atoms. The number of nitrogen functional groups attached to an aromatic ring is 1. The van der Waals surface area contributed by atoms with E-state index in [0.717, 1.165) is 17.0 Å². The fourth-order valence-electron chi connectivity index (χ4n) is 1.44. The van der Waals surface area contributed by atoms with Crippen LogP contribution >= 0.6 is 0 Å². The summed E-state index contributed by atoms with van der Waals surface area (Å²) in [6, 6.07) is 1.93. The van der Waals surface area contributed by atoms with Gasteiger partial charge in [-0.2, -0.15) is 5.10 Å². The molecule has 0 fully saturated rings. The Hall–Kier alpha value is -2.11. The molecule has 16 heavy (non-hydrogen) atoms. The van der Waals surface area contributed by atoms with Gasteiger partial charge in [-0.15, -0.1) is 0 Å². The number of rotatable bonds is 3. The standard InChI is InChI=1S/C10H14N6/c1-6-3-7(2)15-10(14-6)12-4-8-5-13-16-9(8)11/h3,5H,4H2,1-2H3,(H3,11,13,16)(H,12,14,15). The first kappa shape index (κ1) is 10.4. The maximum atomic E-state index is 5.67. The topological polar surface area (TPSA) is 92.5 Å². The quantitative estimate of drug-likeness (QED) is 0.715. The number of aromatic nitrogens is 4. The second-order valence-corrected chi connectivity index (χ2v) is 3.64. The predicted octanol–water partition coefficient (Wildman–Crippen LogP) is 1.01. The van der Waals surface area contributed by atoms with Gasteiger partial charge in [-0.25, -0.2) is 9.97 Å². The predicted molar refractivity (Wildman–Crippen MR) is 61.8 cm³/mol. The van der Waals surface area contributed by atoms with Crippen LogP contribution in [0.5, 0.6) is 0 Å². The molecule has 6 nitrogen and oxygen atoms in total. The van der Waals surface area contributed by atoms with Gasteiger partial charge in [0, 0.05) is 23.5 Å². The van der Waals surface area contributed by atoms with Crippen LogP contribution in [0, 0.1) is 13.8 Å². The van der Waals surface area contributed by atoms with Gasteiger partial charge in [0.2, 0.25) is 5.95 Å². The fourth-order valence-corrected chi connectivity index (χ4v) is 1.44. The number of nitrogens with two attached hydrogens (primary N) is 1. The molecule has 2 heterocycles. The minimum Gasteiger partial charge on any atom is -0.384 e. The van der Waals surface area contributed by atoms with Crippen molar-refractivity contribution < 1.29 is 0 Å². The monoisotopic (exact) mass is 218 g/mol. The summed E-state index contributed by atoms with van der Waals surface area (Å²) in [6.07, 6.45) is 1.69. The molecular weight excluding hydrogens is 204 g/mol.